The van der Waals surface area contributed by atoms with Crippen molar-refractivity contribution in [3.8, 4) is 0 Å². The van der Waals surface area contributed by atoms with Gasteiger partial charge in [-0.15, -0.1) is 0 Å². The molecule has 1 atom stereocenters. The molecule has 148 valence electrons. The first-order valence-corrected chi connectivity index (χ1v) is 10.3. The summed E-state index contributed by atoms with van der Waals surface area (Å²) < 4.78 is 5.96. The van der Waals surface area contributed by atoms with Gasteiger partial charge in [-0.25, -0.2) is 9.97 Å². The molecule has 1 aliphatic heterocycles. The average Bonchev–Trinajstić information content (AvgIpc) is 3.48. The number of piperidine rings is 1. The van der Waals surface area contributed by atoms with Crippen molar-refractivity contribution in [1.29, 1.82) is 0 Å². The van der Waals surface area contributed by atoms with Gasteiger partial charge in [0.25, 0.3) is 0 Å². The van der Waals surface area contributed by atoms with Crippen molar-refractivity contribution in [2.24, 2.45) is 5.41 Å². The largest absolute Gasteiger partial charge is 0.372 e. The molecule has 1 amide bonds. The fraction of sp³-hybridized carbons (Fsp3) is 0.522. The number of carbonyl (C=O) groups excluding carboxylic acids is 1. The van der Waals surface area contributed by atoms with Gasteiger partial charge in [0.1, 0.15) is 5.82 Å². The van der Waals surface area contributed by atoms with E-state index in [-0.39, 0.29) is 11.3 Å². The van der Waals surface area contributed by atoms with Crippen LogP contribution in [0.25, 0.3) is 0 Å². The molecule has 2 aliphatic rings. The van der Waals surface area contributed by atoms with Gasteiger partial charge in [0.15, 0.2) is 0 Å². The number of likely N-dealkylation sites (tertiary alicyclic amines) is 1. The van der Waals surface area contributed by atoms with E-state index < -0.39 is 0 Å². The first kappa shape index (κ1) is 19.1. The van der Waals surface area contributed by atoms with Gasteiger partial charge in [0.05, 0.1) is 18.9 Å². The first-order valence-electron chi connectivity index (χ1n) is 10.3. The highest BCUT2D eigenvalue weighted by Crippen LogP contribution is 2.47. The molecular formula is C23H29N3O2. The van der Waals surface area contributed by atoms with Crippen LogP contribution in [0.1, 0.15) is 61.2 Å². The Hall–Kier alpha value is -2.27. The van der Waals surface area contributed by atoms with Crippen LogP contribution in [0, 0.1) is 12.3 Å². The van der Waals surface area contributed by atoms with Crippen LogP contribution in [0.2, 0.25) is 0 Å². The molecular weight excluding hydrogens is 350 g/mol. The van der Waals surface area contributed by atoms with Gasteiger partial charge in [0, 0.05) is 36.2 Å². The third-order valence-corrected chi connectivity index (χ3v) is 6.00. The van der Waals surface area contributed by atoms with Crippen LogP contribution in [-0.2, 0) is 22.7 Å². The van der Waals surface area contributed by atoms with Gasteiger partial charge in [-0.1, -0.05) is 37.3 Å². The second kappa shape index (κ2) is 8.00. The Kier molecular flexibility index (Phi) is 5.44. The molecule has 5 heteroatoms. The number of carbonyl (C=O) groups is 1. The summed E-state index contributed by atoms with van der Waals surface area (Å²) >= 11 is 0. The molecule has 1 saturated heterocycles. The van der Waals surface area contributed by atoms with E-state index in [2.05, 4.69) is 28.9 Å². The number of benzene rings is 1. The molecule has 1 saturated carbocycles. The second-order valence-electron chi connectivity index (χ2n) is 8.46. The van der Waals surface area contributed by atoms with E-state index in [0.29, 0.717) is 19.1 Å². The molecule has 0 N–H and O–H groups in total. The Morgan fingerprint density at radius 2 is 2.04 bits per heavy atom. The number of hydrogen-bond donors (Lipinski definition) is 0. The molecule has 0 spiro atoms. The van der Waals surface area contributed by atoms with Gasteiger partial charge in [-0.05, 0) is 38.2 Å². The molecule has 1 aromatic heterocycles. The van der Waals surface area contributed by atoms with Crippen LogP contribution in [-0.4, -0.2) is 33.9 Å². The topological polar surface area (TPSA) is 55.3 Å². The zero-order chi connectivity index (χ0) is 19.6. The van der Waals surface area contributed by atoms with Gasteiger partial charge < -0.3 is 9.64 Å². The molecule has 2 heterocycles. The Morgan fingerprint density at radius 3 is 2.79 bits per heavy atom. The fourth-order valence-electron chi connectivity index (χ4n) is 4.00. The zero-order valence-corrected chi connectivity index (χ0v) is 16.9. The molecule has 5 nitrogen and oxygen atoms in total. The maximum atomic E-state index is 12.8. The van der Waals surface area contributed by atoms with Crippen LogP contribution in [0.3, 0.4) is 0 Å². The van der Waals surface area contributed by atoms with Crippen LogP contribution >= 0.6 is 0 Å². The summed E-state index contributed by atoms with van der Waals surface area (Å²) in [5.74, 6) is 1.36. The summed E-state index contributed by atoms with van der Waals surface area (Å²) in [7, 11) is 0. The van der Waals surface area contributed by atoms with E-state index in [0.717, 1.165) is 61.4 Å². The van der Waals surface area contributed by atoms with Gasteiger partial charge in [-0.3, -0.25) is 4.79 Å². The summed E-state index contributed by atoms with van der Waals surface area (Å²) in [6.07, 6.45) is 6.03. The van der Waals surface area contributed by atoms with E-state index in [1.54, 1.807) is 0 Å². The number of aromatic nitrogens is 2. The molecule has 4 rings (SSSR count). The van der Waals surface area contributed by atoms with Crippen LogP contribution < -0.4 is 0 Å². The lowest BCUT2D eigenvalue weighted by Crippen LogP contribution is -2.42. The van der Waals surface area contributed by atoms with E-state index in [1.165, 1.54) is 0 Å². The lowest BCUT2D eigenvalue weighted by atomic mass is 9.91. The van der Waals surface area contributed by atoms with E-state index in [9.17, 15) is 4.79 Å². The smallest absolute Gasteiger partial charge is 0.228 e. The Labute approximate surface area is 167 Å². The van der Waals surface area contributed by atoms with Crippen LogP contribution in [0.5, 0.6) is 0 Å². The Balaban J connectivity index is 1.45. The van der Waals surface area contributed by atoms with E-state index in [1.807, 2.05) is 31.3 Å². The highest BCUT2D eigenvalue weighted by Gasteiger charge is 2.47. The molecule has 2 fully saturated rings. The van der Waals surface area contributed by atoms with Crippen molar-refractivity contribution in [2.75, 3.05) is 13.1 Å². The molecule has 0 radical (unpaired) electrons. The zero-order valence-electron chi connectivity index (χ0n) is 16.9. The van der Waals surface area contributed by atoms with Gasteiger partial charge >= 0.3 is 0 Å². The molecule has 1 aromatic carbocycles. The average molecular weight is 380 g/mol. The van der Waals surface area contributed by atoms with Crippen molar-refractivity contribution in [1.82, 2.24) is 14.9 Å². The Morgan fingerprint density at radius 1 is 1.25 bits per heavy atom. The van der Waals surface area contributed by atoms with Gasteiger partial charge in [0.2, 0.25) is 5.91 Å². The number of amides is 1. The number of ether oxygens (including phenoxy) is 1. The minimum absolute atomic E-state index is 0.106. The molecule has 28 heavy (non-hydrogen) atoms. The lowest BCUT2D eigenvalue weighted by molar-refractivity contribution is -0.137. The van der Waals surface area contributed by atoms with E-state index >= 15 is 0 Å². The molecule has 1 aliphatic carbocycles. The quantitative estimate of drug-likeness (QED) is 0.761. The highest BCUT2D eigenvalue weighted by atomic mass is 16.5. The maximum absolute atomic E-state index is 12.8. The maximum Gasteiger partial charge on any atom is 0.228 e. The summed E-state index contributed by atoms with van der Waals surface area (Å²) in [5, 5.41) is 0. The summed E-state index contributed by atoms with van der Waals surface area (Å²) in [5.41, 5.74) is 3.15. The van der Waals surface area contributed by atoms with Gasteiger partial charge in [-0.2, -0.15) is 0 Å². The monoisotopic (exact) mass is 379 g/mol. The normalized spacial score (nSPS) is 20.8. The van der Waals surface area contributed by atoms with E-state index in [4.69, 9.17) is 9.72 Å². The van der Waals surface area contributed by atoms with Crippen molar-refractivity contribution in [2.45, 2.75) is 58.7 Å². The number of rotatable bonds is 6. The summed E-state index contributed by atoms with van der Waals surface area (Å²) in [6, 6.07) is 10.2. The third kappa shape index (κ3) is 4.25. The third-order valence-electron chi connectivity index (χ3n) is 6.00. The SMILES string of the molecule is Cc1ncc(COCc2ccccc2)c(C2CCCN(C(=O)C3(C)CC3)C2)n1. The fourth-order valence-corrected chi connectivity index (χ4v) is 4.00. The predicted octanol–water partition coefficient (Wildman–Crippen LogP) is 4.01. The van der Waals surface area contributed by atoms with Crippen molar-refractivity contribution in [3.05, 3.63) is 59.2 Å². The van der Waals surface area contributed by atoms with Crippen molar-refractivity contribution in [3.63, 3.8) is 0 Å². The van der Waals surface area contributed by atoms with Crippen molar-refractivity contribution >= 4 is 5.91 Å². The highest BCUT2D eigenvalue weighted by molar-refractivity contribution is 5.85. The minimum Gasteiger partial charge on any atom is -0.372 e. The molecule has 1 unspecified atom stereocenters. The van der Waals surface area contributed by atoms with Crippen molar-refractivity contribution < 1.29 is 9.53 Å². The lowest BCUT2D eigenvalue weighted by Gasteiger charge is -2.35. The Bertz CT molecular complexity index is 833. The summed E-state index contributed by atoms with van der Waals surface area (Å²) in [6.45, 7) is 6.71. The second-order valence-corrected chi connectivity index (χ2v) is 8.46. The van der Waals surface area contributed by atoms with Crippen LogP contribution in [0.4, 0.5) is 0 Å². The minimum atomic E-state index is -0.106. The predicted molar refractivity (Wildman–Crippen MR) is 108 cm³/mol. The summed E-state index contributed by atoms with van der Waals surface area (Å²) in [4.78, 5) is 24.0. The molecule has 0 bridgehead atoms. The van der Waals surface area contributed by atoms with Crippen LogP contribution in [0.15, 0.2) is 36.5 Å². The number of aryl methyl sites for hydroxylation is 1. The number of nitrogens with zero attached hydrogens (tertiary/aromatic N) is 3. The first-order chi connectivity index (χ1) is 13.5. The standard InChI is InChI=1S/C23H29N3O2/c1-17-24-13-20(16-28-15-18-7-4-3-5-8-18)21(25-17)19-9-6-12-26(14-19)22(27)23(2)10-11-23/h3-5,7-8,13,19H,6,9-12,14-16H2,1-2H3. The number of hydrogen-bond acceptors (Lipinski definition) is 4. The molecule has 2 aromatic rings.